The molecular weight excluding hydrogens is 136 g/mol. The van der Waals surface area contributed by atoms with E-state index >= 15 is 0 Å². The van der Waals surface area contributed by atoms with Gasteiger partial charge in [-0.2, -0.15) is 5.26 Å². The maximum Gasteiger partial charge on any atom is 0.149 e. The third kappa shape index (κ3) is 1.11. The minimum Gasteiger partial charge on any atom is -0.207 e. The molecular formula is C7H2F2N. The smallest absolute Gasteiger partial charge is 0.149 e. The predicted octanol–water partition coefficient (Wildman–Crippen LogP) is 1.64. The average Bonchev–Trinajstić information content (AvgIpc) is 1.94. The second-order valence-electron chi connectivity index (χ2n) is 1.66. The maximum atomic E-state index is 12.3. The molecule has 1 aromatic rings. The molecule has 0 spiro atoms. The normalized spacial score (nSPS) is 8.90. The van der Waals surface area contributed by atoms with E-state index in [2.05, 4.69) is 0 Å². The van der Waals surface area contributed by atoms with Crippen LogP contribution in [0.4, 0.5) is 8.78 Å². The molecule has 0 aromatic heterocycles. The fraction of sp³-hybridized carbons (Fsp3) is 0. The van der Waals surface area contributed by atoms with Crippen molar-refractivity contribution in [1.29, 1.82) is 5.26 Å². The summed E-state index contributed by atoms with van der Waals surface area (Å²) in [5.41, 5.74) is -0.319. The van der Waals surface area contributed by atoms with Crippen molar-refractivity contribution < 1.29 is 8.78 Å². The number of nitrogens with zero attached hydrogens (tertiary/aromatic N) is 1. The van der Waals surface area contributed by atoms with Crippen LogP contribution in [0.1, 0.15) is 5.56 Å². The standard InChI is InChI=1S/C7H2F2N/c8-6-1-2-7(9)5(3-6)4-10/h1,3H. The first-order valence-electron chi connectivity index (χ1n) is 2.51. The summed E-state index contributed by atoms with van der Waals surface area (Å²) in [6.45, 7) is 0. The van der Waals surface area contributed by atoms with Gasteiger partial charge in [0.05, 0.1) is 5.56 Å². The lowest BCUT2D eigenvalue weighted by Gasteiger charge is -1.89. The number of benzene rings is 1. The lowest BCUT2D eigenvalue weighted by molar-refractivity contribution is 0.595. The third-order valence-corrected chi connectivity index (χ3v) is 0.976. The summed E-state index contributed by atoms with van der Waals surface area (Å²) in [6.07, 6.45) is 0. The first kappa shape index (κ1) is 6.69. The van der Waals surface area contributed by atoms with Gasteiger partial charge in [-0.3, -0.25) is 0 Å². The Balaban J connectivity index is 3.25. The van der Waals surface area contributed by atoms with Gasteiger partial charge in [0.25, 0.3) is 0 Å². The van der Waals surface area contributed by atoms with Gasteiger partial charge in [0.1, 0.15) is 17.7 Å². The quantitative estimate of drug-likeness (QED) is 0.534. The number of halogens is 2. The Kier molecular flexibility index (Phi) is 1.63. The van der Waals surface area contributed by atoms with Gasteiger partial charge in [-0.1, -0.05) is 0 Å². The van der Waals surface area contributed by atoms with E-state index in [1.165, 1.54) is 6.07 Å². The molecule has 0 saturated heterocycles. The summed E-state index contributed by atoms with van der Waals surface area (Å²) in [6, 6.07) is 5.11. The third-order valence-electron chi connectivity index (χ3n) is 0.976. The molecule has 0 amide bonds. The summed E-state index contributed by atoms with van der Waals surface area (Å²) in [5.74, 6) is -1.47. The van der Waals surface area contributed by atoms with Crippen molar-refractivity contribution in [1.82, 2.24) is 0 Å². The Hall–Kier alpha value is -1.43. The Bertz CT molecular complexity index is 288. The van der Waals surface area contributed by atoms with Crippen molar-refractivity contribution in [3.63, 3.8) is 0 Å². The molecule has 3 heteroatoms. The van der Waals surface area contributed by atoms with Crippen molar-refractivity contribution in [2.24, 2.45) is 0 Å². The van der Waals surface area contributed by atoms with Crippen LogP contribution in [0, 0.1) is 29.0 Å². The van der Waals surface area contributed by atoms with Gasteiger partial charge >= 0.3 is 0 Å². The van der Waals surface area contributed by atoms with Crippen LogP contribution in [0.5, 0.6) is 0 Å². The molecule has 0 unspecified atom stereocenters. The average molecular weight is 138 g/mol. The summed E-state index contributed by atoms with van der Waals surface area (Å²) in [4.78, 5) is 0. The van der Waals surface area contributed by atoms with E-state index in [-0.39, 0.29) is 5.56 Å². The molecule has 0 atom stereocenters. The zero-order valence-corrected chi connectivity index (χ0v) is 4.86. The Morgan fingerprint density at radius 1 is 1.50 bits per heavy atom. The Labute approximate surface area is 56.5 Å². The van der Waals surface area contributed by atoms with Crippen molar-refractivity contribution >= 4 is 0 Å². The van der Waals surface area contributed by atoms with E-state index in [0.717, 1.165) is 12.1 Å². The lowest BCUT2D eigenvalue weighted by atomic mass is 10.2. The molecule has 1 nitrogen and oxygen atoms in total. The van der Waals surface area contributed by atoms with Gasteiger partial charge in [0, 0.05) is 6.07 Å². The van der Waals surface area contributed by atoms with Crippen LogP contribution in [-0.2, 0) is 0 Å². The largest absolute Gasteiger partial charge is 0.207 e. The highest BCUT2D eigenvalue weighted by Gasteiger charge is 2.00. The molecule has 0 N–H and O–H groups in total. The Morgan fingerprint density at radius 3 is 2.70 bits per heavy atom. The highest BCUT2D eigenvalue weighted by Crippen LogP contribution is 2.06. The fourth-order valence-corrected chi connectivity index (χ4v) is 0.534. The number of hydrogen-bond donors (Lipinski definition) is 0. The van der Waals surface area contributed by atoms with E-state index in [9.17, 15) is 8.78 Å². The molecule has 0 saturated carbocycles. The van der Waals surface area contributed by atoms with Crippen LogP contribution >= 0.6 is 0 Å². The van der Waals surface area contributed by atoms with E-state index in [1.807, 2.05) is 6.07 Å². The van der Waals surface area contributed by atoms with Crippen LogP contribution in [0.3, 0.4) is 0 Å². The summed E-state index contributed by atoms with van der Waals surface area (Å²) in [5, 5.41) is 8.17. The van der Waals surface area contributed by atoms with Gasteiger partial charge in [0.2, 0.25) is 0 Å². The summed E-state index contributed by atoms with van der Waals surface area (Å²) >= 11 is 0. The topological polar surface area (TPSA) is 23.8 Å². The highest BCUT2D eigenvalue weighted by molar-refractivity contribution is 5.29. The summed E-state index contributed by atoms with van der Waals surface area (Å²) < 4.78 is 24.5. The molecule has 0 bridgehead atoms. The molecule has 49 valence electrons. The van der Waals surface area contributed by atoms with Crippen molar-refractivity contribution in [3.05, 3.63) is 35.4 Å². The number of rotatable bonds is 0. The molecule has 1 rings (SSSR count). The fourth-order valence-electron chi connectivity index (χ4n) is 0.534. The first-order valence-corrected chi connectivity index (χ1v) is 2.51. The molecule has 10 heavy (non-hydrogen) atoms. The maximum absolute atomic E-state index is 12.3. The van der Waals surface area contributed by atoms with Crippen LogP contribution in [0.2, 0.25) is 0 Å². The van der Waals surface area contributed by atoms with E-state index < -0.39 is 11.6 Å². The zero-order chi connectivity index (χ0) is 7.56. The predicted molar refractivity (Wildman–Crippen MR) is 29.9 cm³/mol. The molecule has 0 aliphatic carbocycles. The summed E-state index contributed by atoms with van der Waals surface area (Å²) in [7, 11) is 0. The number of nitriles is 1. The van der Waals surface area contributed by atoms with E-state index in [1.54, 1.807) is 0 Å². The second-order valence-corrected chi connectivity index (χ2v) is 1.66. The van der Waals surface area contributed by atoms with Crippen molar-refractivity contribution in [2.45, 2.75) is 0 Å². The monoisotopic (exact) mass is 138 g/mol. The van der Waals surface area contributed by atoms with Crippen LogP contribution in [0.25, 0.3) is 0 Å². The first-order chi connectivity index (χ1) is 4.74. The molecule has 0 aliphatic heterocycles. The minimum absolute atomic E-state index is 0.319. The van der Waals surface area contributed by atoms with Gasteiger partial charge in [-0.15, -0.1) is 0 Å². The van der Waals surface area contributed by atoms with E-state index in [0.29, 0.717) is 0 Å². The second kappa shape index (κ2) is 2.44. The van der Waals surface area contributed by atoms with Gasteiger partial charge < -0.3 is 0 Å². The van der Waals surface area contributed by atoms with Crippen LogP contribution in [0.15, 0.2) is 12.1 Å². The minimum atomic E-state index is -0.816. The zero-order valence-electron chi connectivity index (χ0n) is 4.86. The van der Waals surface area contributed by atoms with Crippen molar-refractivity contribution in [2.75, 3.05) is 0 Å². The van der Waals surface area contributed by atoms with Crippen LogP contribution < -0.4 is 0 Å². The van der Waals surface area contributed by atoms with Gasteiger partial charge in [-0.25, -0.2) is 8.78 Å². The Morgan fingerprint density at radius 2 is 2.20 bits per heavy atom. The molecule has 0 aliphatic rings. The van der Waals surface area contributed by atoms with Gasteiger partial charge in [-0.05, 0) is 12.1 Å². The molecule has 1 aromatic carbocycles. The molecule has 0 heterocycles. The molecule has 0 fully saturated rings. The van der Waals surface area contributed by atoms with E-state index in [4.69, 9.17) is 5.26 Å². The highest BCUT2D eigenvalue weighted by atomic mass is 19.1. The van der Waals surface area contributed by atoms with Crippen molar-refractivity contribution in [3.8, 4) is 6.07 Å². The van der Waals surface area contributed by atoms with Gasteiger partial charge in [0.15, 0.2) is 0 Å². The SMILES string of the molecule is N#Cc1cc(F)c[c]c1F. The molecule has 1 radical (unpaired) electrons. The number of hydrogen-bond acceptors (Lipinski definition) is 1. The van der Waals surface area contributed by atoms with Crippen LogP contribution in [-0.4, -0.2) is 0 Å². The lowest BCUT2D eigenvalue weighted by Crippen LogP contribution is -1.84.